The van der Waals surface area contributed by atoms with Crippen molar-refractivity contribution in [2.75, 3.05) is 0 Å². The highest BCUT2D eigenvalue weighted by molar-refractivity contribution is 5.77. The number of nitrogens with one attached hydrogen (secondary N) is 1. The highest BCUT2D eigenvalue weighted by atomic mass is 19.1. The van der Waals surface area contributed by atoms with Crippen molar-refractivity contribution < 1.29 is 9.18 Å². The number of rotatable bonds is 4. The third-order valence-corrected chi connectivity index (χ3v) is 4.29. The van der Waals surface area contributed by atoms with Crippen LogP contribution in [-0.4, -0.2) is 10.9 Å². The number of hydrogen-bond donors (Lipinski definition) is 1. The molecule has 3 nitrogen and oxygen atoms in total. The van der Waals surface area contributed by atoms with E-state index in [1.165, 1.54) is 17.2 Å². The molecule has 1 heterocycles. The fraction of sp³-hybridized carbons (Fsp3) is 0.333. The van der Waals surface area contributed by atoms with E-state index in [1.54, 1.807) is 6.20 Å². The smallest absolute Gasteiger partial charge is 0.221 e. The Kier molecular flexibility index (Phi) is 4.18. The number of aryl methyl sites for hydroxylation is 1. The molecule has 4 heteroatoms. The van der Waals surface area contributed by atoms with Gasteiger partial charge < -0.3 is 5.32 Å². The average molecular weight is 298 g/mol. The summed E-state index contributed by atoms with van der Waals surface area (Å²) in [5, 5.41) is 2.94. The van der Waals surface area contributed by atoms with Gasteiger partial charge in [0.25, 0.3) is 0 Å². The second kappa shape index (κ2) is 6.26. The molecule has 0 radical (unpaired) electrons. The Balaban J connectivity index is 1.62. The quantitative estimate of drug-likeness (QED) is 0.938. The van der Waals surface area contributed by atoms with Gasteiger partial charge in [-0.05, 0) is 48.4 Å². The standard InChI is InChI=1S/C18H19FN2O/c1-12(15-8-16(19)11-20-10-15)21-18(22)9-14-7-6-13-4-2-3-5-17(13)14/h2-5,8,10-12,14H,6-7,9H2,1H3,(H,21,22). The van der Waals surface area contributed by atoms with Gasteiger partial charge in [0.1, 0.15) is 5.82 Å². The van der Waals surface area contributed by atoms with Gasteiger partial charge in [0.15, 0.2) is 0 Å². The molecule has 2 unspecified atom stereocenters. The molecule has 1 aromatic carbocycles. The number of amides is 1. The van der Waals surface area contributed by atoms with Crippen molar-refractivity contribution >= 4 is 5.91 Å². The highest BCUT2D eigenvalue weighted by Crippen LogP contribution is 2.35. The van der Waals surface area contributed by atoms with Gasteiger partial charge in [-0.1, -0.05) is 24.3 Å². The van der Waals surface area contributed by atoms with Crippen molar-refractivity contribution in [1.82, 2.24) is 10.3 Å². The van der Waals surface area contributed by atoms with Crippen LogP contribution in [0, 0.1) is 5.82 Å². The minimum absolute atomic E-state index is 0.00142. The molecule has 0 spiro atoms. The lowest BCUT2D eigenvalue weighted by atomic mass is 9.97. The maximum absolute atomic E-state index is 13.2. The first kappa shape index (κ1) is 14.7. The fourth-order valence-electron chi connectivity index (χ4n) is 3.13. The summed E-state index contributed by atoms with van der Waals surface area (Å²) in [6.45, 7) is 1.84. The predicted molar refractivity (Wildman–Crippen MR) is 82.9 cm³/mol. The zero-order valence-electron chi connectivity index (χ0n) is 12.6. The lowest BCUT2D eigenvalue weighted by Gasteiger charge is -2.16. The van der Waals surface area contributed by atoms with Gasteiger partial charge in [-0.25, -0.2) is 4.39 Å². The van der Waals surface area contributed by atoms with E-state index < -0.39 is 0 Å². The average Bonchev–Trinajstić information content (AvgIpc) is 2.90. The topological polar surface area (TPSA) is 42.0 Å². The van der Waals surface area contributed by atoms with E-state index in [2.05, 4.69) is 22.4 Å². The molecule has 1 aromatic heterocycles. The summed E-state index contributed by atoms with van der Waals surface area (Å²) in [4.78, 5) is 16.1. The lowest BCUT2D eigenvalue weighted by Crippen LogP contribution is -2.27. The highest BCUT2D eigenvalue weighted by Gasteiger charge is 2.24. The van der Waals surface area contributed by atoms with Crippen LogP contribution in [0.2, 0.25) is 0 Å². The van der Waals surface area contributed by atoms with E-state index in [-0.39, 0.29) is 23.7 Å². The second-order valence-corrected chi connectivity index (χ2v) is 5.86. The molecule has 0 fully saturated rings. The third kappa shape index (κ3) is 3.16. The number of hydrogen-bond acceptors (Lipinski definition) is 2. The number of carbonyl (C=O) groups excluding carboxylic acids is 1. The van der Waals surface area contributed by atoms with Crippen molar-refractivity contribution in [3.63, 3.8) is 0 Å². The summed E-state index contributed by atoms with van der Waals surface area (Å²) in [5.41, 5.74) is 3.32. The van der Waals surface area contributed by atoms with Crippen molar-refractivity contribution in [2.45, 2.75) is 38.1 Å². The van der Waals surface area contributed by atoms with Gasteiger partial charge in [0.05, 0.1) is 12.2 Å². The van der Waals surface area contributed by atoms with E-state index in [0.717, 1.165) is 19.0 Å². The summed E-state index contributed by atoms with van der Waals surface area (Å²) < 4.78 is 13.2. The van der Waals surface area contributed by atoms with Gasteiger partial charge in [-0.2, -0.15) is 0 Å². The Hall–Kier alpha value is -2.23. The molecule has 114 valence electrons. The first-order valence-corrected chi connectivity index (χ1v) is 7.61. The Morgan fingerprint density at radius 3 is 3.05 bits per heavy atom. The zero-order chi connectivity index (χ0) is 15.5. The maximum atomic E-state index is 13.2. The molecule has 3 rings (SSSR count). The first-order chi connectivity index (χ1) is 10.6. The lowest BCUT2D eigenvalue weighted by molar-refractivity contribution is -0.122. The van der Waals surface area contributed by atoms with Gasteiger partial charge >= 0.3 is 0 Å². The van der Waals surface area contributed by atoms with Gasteiger partial charge in [-0.3, -0.25) is 9.78 Å². The first-order valence-electron chi connectivity index (χ1n) is 7.61. The van der Waals surface area contributed by atoms with Crippen LogP contribution in [-0.2, 0) is 11.2 Å². The van der Waals surface area contributed by atoms with Crippen LogP contribution in [0.15, 0.2) is 42.7 Å². The van der Waals surface area contributed by atoms with Crippen LogP contribution in [0.25, 0.3) is 0 Å². The van der Waals surface area contributed by atoms with Crippen molar-refractivity contribution in [3.8, 4) is 0 Å². The molecule has 1 aliphatic carbocycles. The van der Waals surface area contributed by atoms with E-state index in [1.807, 2.05) is 19.1 Å². The Labute approximate surface area is 129 Å². The molecule has 0 aliphatic heterocycles. The molecule has 0 saturated carbocycles. The fourth-order valence-corrected chi connectivity index (χ4v) is 3.13. The number of halogens is 1. The SMILES string of the molecule is CC(NC(=O)CC1CCc2ccccc21)c1cncc(F)c1. The summed E-state index contributed by atoms with van der Waals surface area (Å²) in [7, 11) is 0. The van der Waals surface area contributed by atoms with E-state index in [4.69, 9.17) is 0 Å². The van der Waals surface area contributed by atoms with E-state index >= 15 is 0 Å². The zero-order valence-corrected chi connectivity index (χ0v) is 12.6. The number of carbonyl (C=O) groups is 1. The van der Waals surface area contributed by atoms with Crippen LogP contribution in [0.1, 0.15) is 48.4 Å². The van der Waals surface area contributed by atoms with Crippen molar-refractivity contribution in [2.24, 2.45) is 0 Å². The maximum Gasteiger partial charge on any atom is 0.221 e. The monoisotopic (exact) mass is 298 g/mol. The van der Waals surface area contributed by atoms with Crippen molar-refractivity contribution in [1.29, 1.82) is 0 Å². The van der Waals surface area contributed by atoms with Crippen LogP contribution in [0.3, 0.4) is 0 Å². The molecule has 1 aliphatic rings. The molecule has 2 aromatic rings. The summed E-state index contributed by atoms with van der Waals surface area (Å²) in [6.07, 6.45) is 5.27. The molecule has 2 atom stereocenters. The Bertz CT molecular complexity index is 686. The van der Waals surface area contributed by atoms with Crippen LogP contribution >= 0.6 is 0 Å². The predicted octanol–water partition coefficient (Wildman–Crippen LogP) is 3.52. The summed E-state index contributed by atoms with van der Waals surface area (Å²) >= 11 is 0. The molecule has 1 amide bonds. The Morgan fingerprint density at radius 1 is 1.41 bits per heavy atom. The number of pyridine rings is 1. The minimum Gasteiger partial charge on any atom is -0.350 e. The molecule has 0 saturated heterocycles. The number of aromatic nitrogens is 1. The molecule has 0 bridgehead atoms. The van der Waals surface area contributed by atoms with Gasteiger partial charge in [0.2, 0.25) is 5.91 Å². The molecular weight excluding hydrogens is 279 g/mol. The molecule has 1 N–H and O–H groups in total. The minimum atomic E-state index is -0.386. The van der Waals surface area contributed by atoms with Crippen LogP contribution < -0.4 is 5.32 Å². The van der Waals surface area contributed by atoms with Gasteiger partial charge in [0, 0.05) is 12.6 Å². The number of fused-ring (bicyclic) bond motifs is 1. The number of nitrogens with zero attached hydrogens (tertiary/aromatic N) is 1. The molecular formula is C18H19FN2O. The van der Waals surface area contributed by atoms with Crippen LogP contribution in [0.4, 0.5) is 4.39 Å². The summed E-state index contributed by atoms with van der Waals surface area (Å²) in [6, 6.07) is 9.47. The Morgan fingerprint density at radius 2 is 2.23 bits per heavy atom. The largest absolute Gasteiger partial charge is 0.350 e. The summed E-state index contributed by atoms with van der Waals surface area (Å²) in [5.74, 6) is -0.101. The molecule has 22 heavy (non-hydrogen) atoms. The van der Waals surface area contributed by atoms with E-state index in [9.17, 15) is 9.18 Å². The van der Waals surface area contributed by atoms with Crippen molar-refractivity contribution in [3.05, 3.63) is 65.2 Å². The normalized spacial score (nSPS) is 17.8. The van der Waals surface area contributed by atoms with E-state index in [0.29, 0.717) is 12.0 Å². The second-order valence-electron chi connectivity index (χ2n) is 5.86. The van der Waals surface area contributed by atoms with Gasteiger partial charge in [-0.15, -0.1) is 0 Å². The van der Waals surface area contributed by atoms with Crippen LogP contribution in [0.5, 0.6) is 0 Å². The third-order valence-electron chi connectivity index (χ3n) is 4.29. The number of benzene rings is 1.